The molecule has 1 N–H and O–H groups in total. The first-order valence-electron chi connectivity index (χ1n) is 9.99. The van der Waals surface area contributed by atoms with Crippen molar-refractivity contribution in [2.45, 2.75) is 39.3 Å². The summed E-state index contributed by atoms with van der Waals surface area (Å²) in [6, 6.07) is 18.8. The van der Waals surface area contributed by atoms with Gasteiger partial charge in [-0.2, -0.15) is 0 Å². The molecule has 0 fully saturated rings. The molecular weight excluding hydrogens is 376 g/mol. The van der Waals surface area contributed by atoms with Crippen molar-refractivity contribution in [1.29, 1.82) is 0 Å². The van der Waals surface area contributed by atoms with Gasteiger partial charge in [0.05, 0.1) is 12.7 Å². The molecule has 0 aliphatic carbocycles. The number of rotatable bonds is 6. The van der Waals surface area contributed by atoms with E-state index < -0.39 is 0 Å². The Kier molecular flexibility index (Phi) is 6.40. The Morgan fingerprint density at radius 3 is 2.33 bits per heavy atom. The van der Waals surface area contributed by atoms with Crippen LogP contribution in [-0.4, -0.2) is 10.5 Å². The highest BCUT2D eigenvalue weighted by Gasteiger charge is 2.14. The fourth-order valence-electron chi connectivity index (χ4n) is 3.06. The van der Waals surface area contributed by atoms with Crippen molar-refractivity contribution in [2.75, 3.05) is 0 Å². The first kappa shape index (κ1) is 21.4. The van der Waals surface area contributed by atoms with Crippen LogP contribution in [0, 0.1) is 0 Å². The number of nitrogens with zero attached hydrogens (tertiary/aromatic N) is 1. The number of hydrogen-bond acceptors (Lipinski definition) is 3. The van der Waals surface area contributed by atoms with Crippen LogP contribution in [-0.2, 0) is 25.6 Å². The molecule has 0 radical (unpaired) electrons. The second kappa shape index (κ2) is 8.99. The van der Waals surface area contributed by atoms with Crippen molar-refractivity contribution < 1.29 is 9.53 Å². The minimum absolute atomic E-state index is 0.0393. The Morgan fingerprint density at radius 2 is 1.70 bits per heavy atom. The standard InChI is InChI=1S/C25H28N2O3/c1-25(2,3)20-12-10-19(11-13-20)24(29)26-15-21-14-22(28)23(16-27(21)4)30-17-18-8-6-5-7-9-18/h5-14,16H,15,17H2,1-4H3,(H,26,29). The minimum Gasteiger partial charge on any atom is -0.483 e. The van der Waals surface area contributed by atoms with Crippen LogP contribution in [0.2, 0.25) is 0 Å². The van der Waals surface area contributed by atoms with Gasteiger partial charge in [-0.1, -0.05) is 63.2 Å². The lowest BCUT2D eigenvalue weighted by atomic mass is 9.87. The third-order valence-corrected chi connectivity index (χ3v) is 4.98. The molecule has 2 aromatic carbocycles. The fraction of sp³-hybridized carbons (Fsp3) is 0.280. The molecule has 1 aromatic heterocycles. The molecular formula is C25H28N2O3. The van der Waals surface area contributed by atoms with Crippen molar-refractivity contribution in [2.24, 2.45) is 7.05 Å². The number of nitrogens with one attached hydrogen (secondary N) is 1. The summed E-state index contributed by atoms with van der Waals surface area (Å²) in [4.78, 5) is 24.9. The molecule has 30 heavy (non-hydrogen) atoms. The van der Waals surface area contributed by atoms with Crippen molar-refractivity contribution in [3.63, 3.8) is 0 Å². The van der Waals surface area contributed by atoms with E-state index in [-0.39, 0.29) is 29.0 Å². The van der Waals surface area contributed by atoms with E-state index in [9.17, 15) is 9.59 Å². The lowest BCUT2D eigenvalue weighted by Gasteiger charge is -2.19. The van der Waals surface area contributed by atoms with E-state index in [1.807, 2.05) is 61.6 Å². The molecule has 0 spiro atoms. The van der Waals surface area contributed by atoms with Gasteiger partial charge in [0.1, 0.15) is 6.61 Å². The fourth-order valence-corrected chi connectivity index (χ4v) is 3.06. The quantitative estimate of drug-likeness (QED) is 0.670. The lowest BCUT2D eigenvalue weighted by Crippen LogP contribution is -2.26. The van der Waals surface area contributed by atoms with Crippen molar-refractivity contribution >= 4 is 5.91 Å². The third kappa shape index (κ3) is 5.38. The van der Waals surface area contributed by atoms with Gasteiger partial charge in [0.15, 0.2) is 5.75 Å². The number of pyridine rings is 1. The summed E-state index contributed by atoms with van der Waals surface area (Å²) >= 11 is 0. The van der Waals surface area contributed by atoms with Crippen LogP contribution in [0.1, 0.15) is 48.0 Å². The average molecular weight is 405 g/mol. The zero-order chi connectivity index (χ0) is 21.7. The number of amides is 1. The molecule has 1 heterocycles. The van der Waals surface area contributed by atoms with Crippen LogP contribution in [0.3, 0.4) is 0 Å². The second-order valence-electron chi connectivity index (χ2n) is 8.39. The number of carbonyl (C=O) groups excluding carboxylic acids is 1. The van der Waals surface area contributed by atoms with E-state index in [1.54, 1.807) is 10.8 Å². The van der Waals surface area contributed by atoms with Gasteiger partial charge in [0.2, 0.25) is 5.43 Å². The lowest BCUT2D eigenvalue weighted by molar-refractivity contribution is 0.0950. The Labute approximate surface area is 177 Å². The molecule has 3 rings (SSSR count). The molecule has 1 amide bonds. The van der Waals surface area contributed by atoms with Gasteiger partial charge < -0.3 is 14.6 Å². The summed E-state index contributed by atoms with van der Waals surface area (Å²) in [7, 11) is 1.83. The molecule has 0 aliphatic heterocycles. The topological polar surface area (TPSA) is 60.3 Å². The van der Waals surface area contributed by atoms with Crippen LogP contribution < -0.4 is 15.5 Å². The van der Waals surface area contributed by atoms with Crippen molar-refractivity contribution in [1.82, 2.24) is 9.88 Å². The number of carbonyl (C=O) groups is 1. The SMILES string of the molecule is Cn1cc(OCc2ccccc2)c(=O)cc1CNC(=O)c1ccc(C(C)(C)C)cc1. The van der Waals surface area contributed by atoms with Gasteiger partial charge in [-0.15, -0.1) is 0 Å². The summed E-state index contributed by atoms with van der Waals surface area (Å²) in [5.74, 6) is 0.113. The highest BCUT2D eigenvalue weighted by atomic mass is 16.5. The second-order valence-corrected chi connectivity index (χ2v) is 8.39. The smallest absolute Gasteiger partial charge is 0.251 e. The van der Waals surface area contributed by atoms with Gasteiger partial charge in [-0.05, 0) is 28.7 Å². The molecule has 5 nitrogen and oxygen atoms in total. The van der Waals surface area contributed by atoms with Crippen LogP contribution in [0.15, 0.2) is 71.7 Å². The Hall–Kier alpha value is -3.34. The summed E-state index contributed by atoms with van der Waals surface area (Å²) in [5, 5.41) is 2.88. The van der Waals surface area contributed by atoms with E-state index >= 15 is 0 Å². The van der Waals surface area contributed by atoms with Crippen LogP contribution in [0.25, 0.3) is 0 Å². The van der Waals surface area contributed by atoms with Gasteiger partial charge in [-0.25, -0.2) is 0 Å². The minimum atomic E-state index is -0.206. The van der Waals surface area contributed by atoms with E-state index in [4.69, 9.17) is 4.74 Å². The molecule has 156 valence electrons. The molecule has 3 aromatic rings. The van der Waals surface area contributed by atoms with Crippen LogP contribution >= 0.6 is 0 Å². The molecule has 0 unspecified atom stereocenters. The molecule has 0 atom stereocenters. The predicted octanol–water partition coefficient (Wildman–Crippen LogP) is 4.19. The molecule has 0 saturated carbocycles. The maximum atomic E-state index is 12.5. The summed E-state index contributed by atoms with van der Waals surface area (Å²) in [5.41, 5.74) is 3.30. The molecule has 0 aliphatic rings. The number of hydrogen-bond donors (Lipinski definition) is 1. The highest BCUT2D eigenvalue weighted by Crippen LogP contribution is 2.22. The summed E-state index contributed by atoms with van der Waals surface area (Å²) < 4.78 is 7.47. The van der Waals surface area contributed by atoms with Crippen LogP contribution in [0.4, 0.5) is 0 Å². The summed E-state index contributed by atoms with van der Waals surface area (Å²) in [6.45, 7) is 6.99. The molecule has 5 heteroatoms. The first-order chi connectivity index (χ1) is 14.2. The maximum absolute atomic E-state index is 12.5. The molecule has 0 saturated heterocycles. The maximum Gasteiger partial charge on any atom is 0.251 e. The zero-order valence-electron chi connectivity index (χ0n) is 17.9. The monoisotopic (exact) mass is 404 g/mol. The van der Waals surface area contributed by atoms with Gasteiger partial charge in [0.25, 0.3) is 5.91 Å². The highest BCUT2D eigenvalue weighted by molar-refractivity contribution is 5.94. The van der Waals surface area contributed by atoms with Gasteiger partial charge in [-0.3, -0.25) is 9.59 Å². The Bertz CT molecular complexity index is 1060. The zero-order valence-corrected chi connectivity index (χ0v) is 17.9. The van der Waals surface area contributed by atoms with Crippen molar-refractivity contribution in [3.8, 4) is 5.75 Å². The number of benzene rings is 2. The summed E-state index contributed by atoms with van der Waals surface area (Å²) in [6.07, 6.45) is 1.66. The Balaban J connectivity index is 1.63. The Morgan fingerprint density at radius 1 is 1.03 bits per heavy atom. The first-order valence-corrected chi connectivity index (χ1v) is 9.99. The normalized spacial score (nSPS) is 11.2. The van der Waals surface area contributed by atoms with E-state index in [2.05, 4.69) is 26.1 Å². The third-order valence-electron chi connectivity index (χ3n) is 4.98. The van der Waals surface area contributed by atoms with E-state index in [0.29, 0.717) is 17.9 Å². The number of aryl methyl sites for hydroxylation is 1. The van der Waals surface area contributed by atoms with E-state index in [0.717, 1.165) is 5.56 Å². The predicted molar refractivity (Wildman–Crippen MR) is 119 cm³/mol. The van der Waals surface area contributed by atoms with E-state index in [1.165, 1.54) is 11.6 Å². The molecule has 0 bridgehead atoms. The van der Waals surface area contributed by atoms with Crippen molar-refractivity contribution in [3.05, 3.63) is 99.5 Å². The average Bonchev–Trinajstić information content (AvgIpc) is 2.73. The van der Waals surface area contributed by atoms with Gasteiger partial charge >= 0.3 is 0 Å². The number of ether oxygens (including phenoxy) is 1. The van der Waals surface area contributed by atoms with Gasteiger partial charge in [0, 0.05) is 24.4 Å². The number of aromatic nitrogens is 1. The largest absolute Gasteiger partial charge is 0.483 e. The van der Waals surface area contributed by atoms with Crippen LogP contribution in [0.5, 0.6) is 5.75 Å².